The second kappa shape index (κ2) is 6.34. The standard InChI is InChI=1S/C15H15ClO3/c1-17-13-4-3-5-14(18-2)15(13)19-10-11-6-8-12(16)9-7-11/h3-9H,10H2,1-2H3. The van der Waals surface area contributed by atoms with Gasteiger partial charge < -0.3 is 14.2 Å². The van der Waals surface area contributed by atoms with Crippen LogP contribution in [0, 0.1) is 0 Å². The van der Waals surface area contributed by atoms with Crippen LogP contribution >= 0.6 is 11.6 Å². The average Bonchev–Trinajstić information content (AvgIpc) is 2.46. The molecule has 2 aromatic rings. The Balaban J connectivity index is 2.16. The van der Waals surface area contributed by atoms with Crippen LogP contribution in [0.3, 0.4) is 0 Å². The second-order valence-corrected chi connectivity index (χ2v) is 4.34. The second-order valence-electron chi connectivity index (χ2n) is 3.91. The molecule has 0 aromatic heterocycles. The molecule has 0 unspecified atom stereocenters. The highest BCUT2D eigenvalue weighted by molar-refractivity contribution is 6.30. The number of benzene rings is 2. The van der Waals surface area contributed by atoms with E-state index in [1.165, 1.54) is 0 Å². The summed E-state index contributed by atoms with van der Waals surface area (Å²) in [6.07, 6.45) is 0. The molecule has 19 heavy (non-hydrogen) atoms. The maximum absolute atomic E-state index is 5.84. The van der Waals surface area contributed by atoms with Gasteiger partial charge in [0.1, 0.15) is 6.61 Å². The summed E-state index contributed by atoms with van der Waals surface area (Å²) in [5, 5.41) is 0.707. The minimum atomic E-state index is 0.425. The molecule has 0 radical (unpaired) electrons. The third-order valence-electron chi connectivity index (χ3n) is 2.68. The van der Waals surface area contributed by atoms with Crippen LogP contribution in [0.2, 0.25) is 5.02 Å². The Labute approximate surface area is 117 Å². The van der Waals surface area contributed by atoms with Crippen LogP contribution in [0.25, 0.3) is 0 Å². The summed E-state index contributed by atoms with van der Waals surface area (Å²) < 4.78 is 16.3. The number of halogens is 1. The molecule has 0 aliphatic heterocycles. The molecule has 0 saturated carbocycles. The lowest BCUT2D eigenvalue weighted by molar-refractivity contribution is 0.266. The van der Waals surface area contributed by atoms with Gasteiger partial charge in [-0.25, -0.2) is 0 Å². The number of hydrogen-bond acceptors (Lipinski definition) is 3. The molecule has 0 fully saturated rings. The number of methoxy groups -OCH3 is 2. The predicted octanol–water partition coefficient (Wildman–Crippen LogP) is 3.94. The number of ether oxygens (including phenoxy) is 3. The van der Waals surface area contributed by atoms with Crippen LogP contribution in [-0.2, 0) is 6.61 Å². The molecule has 0 saturated heterocycles. The minimum Gasteiger partial charge on any atom is -0.493 e. The first-order chi connectivity index (χ1) is 9.24. The molecule has 4 heteroatoms. The minimum absolute atomic E-state index is 0.425. The summed E-state index contributed by atoms with van der Waals surface area (Å²) in [6.45, 7) is 0.425. The lowest BCUT2D eigenvalue weighted by Crippen LogP contribution is -1.99. The summed E-state index contributed by atoms with van der Waals surface area (Å²) in [6, 6.07) is 13.0. The molecule has 3 nitrogen and oxygen atoms in total. The van der Waals surface area contributed by atoms with E-state index in [-0.39, 0.29) is 0 Å². The SMILES string of the molecule is COc1cccc(OC)c1OCc1ccc(Cl)cc1. The van der Waals surface area contributed by atoms with Gasteiger partial charge in [0.2, 0.25) is 5.75 Å². The number of rotatable bonds is 5. The van der Waals surface area contributed by atoms with E-state index in [4.69, 9.17) is 25.8 Å². The predicted molar refractivity (Wildman–Crippen MR) is 75.3 cm³/mol. The molecule has 2 aromatic carbocycles. The maximum atomic E-state index is 5.84. The Morgan fingerprint density at radius 3 is 2.00 bits per heavy atom. The molecule has 0 N–H and O–H groups in total. The van der Waals surface area contributed by atoms with Crippen molar-refractivity contribution in [2.75, 3.05) is 14.2 Å². The van der Waals surface area contributed by atoms with Crippen LogP contribution in [0.5, 0.6) is 17.2 Å². The van der Waals surface area contributed by atoms with Crippen molar-refractivity contribution in [2.45, 2.75) is 6.61 Å². The summed E-state index contributed by atoms with van der Waals surface area (Å²) in [5.74, 6) is 1.89. The average molecular weight is 279 g/mol. The van der Waals surface area contributed by atoms with E-state index in [1.807, 2.05) is 42.5 Å². The van der Waals surface area contributed by atoms with E-state index in [9.17, 15) is 0 Å². The zero-order valence-corrected chi connectivity index (χ0v) is 11.6. The monoisotopic (exact) mass is 278 g/mol. The van der Waals surface area contributed by atoms with E-state index in [1.54, 1.807) is 14.2 Å². The van der Waals surface area contributed by atoms with Crippen molar-refractivity contribution in [3.8, 4) is 17.2 Å². The van der Waals surface area contributed by atoms with Gasteiger partial charge in [-0.3, -0.25) is 0 Å². The molecule has 0 spiro atoms. The molecular weight excluding hydrogens is 264 g/mol. The highest BCUT2D eigenvalue weighted by atomic mass is 35.5. The molecule has 0 bridgehead atoms. The Morgan fingerprint density at radius 1 is 0.895 bits per heavy atom. The third-order valence-corrected chi connectivity index (χ3v) is 2.93. The Morgan fingerprint density at radius 2 is 1.47 bits per heavy atom. The fourth-order valence-electron chi connectivity index (χ4n) is 1.70. The summed E-state index contributed by atoms with van der Waals surface area (Å²) >= 11 is 5.84. The van der Waals surface area contributed by atoms with Gasteiger partial charge in [0, 0.05) is 5.02 Å². The summed E-state index contributed by atoms with van der Waals surface area (Å²) in [7, 11) is 3.20. The van der Waals surface area contributed by atoms with E-state index < -0.39 is 0 Å². The van der Waals surface area contributed by atoms with Crippen molar-refractivity contribution in [1.82, 2.24) is 0 Å². The van der Waals surface area contributed by atoms with Gasteiger partial charge in [0.25, 0.3) is 0 Å². The zero-order chi connectivity index (χ0) is 13.7. The van der Waals surface area contributed by atoms with Crippen molar-refractivity contribution in [1.29, 1.82) is 0 Å². The molecule has 100 valence electrons. The van der Waals surface area contributed by atoms with Gasteiger partial charge in [-0.1, -0.05) is 29.8 Å². The van der Waals surface area contributed by atoms with Crippen LogP contribution in [-0.4, -0.2) is 14.2 Å². The van der Waals surface area contributed by atoms with Crippen molar-refractivity contribution >= 4 is 11.6 Å². The first-order valence-corrected chi connectivity index (χ1v) is 6.20. The fraction of sp³-hybridized carbons (Fsp3) is 0.200. The van der Waals surface area contributed by atoms with Gasteiger partial charge in [-0.15, -0.1) is 0 Å². The quantitative estimate of drug-likeness (QED) is 0.829. The van der Waals surface area contributed by atoms with Crippen molar-refractivity contribution < 1.29 is 14.2 Å². The molecule has 0 atom stereocenters. The third kappa shape index (κ3) is 3.32. The van der Waals surface area contributed by atoms with Crippen LogP contribution < -0.4 is 14.2 Å². The van der Waals surface area contributed by atoms with E-state index in [0.717, 1.165) is 5.56 Å². The normalized spacial score (nSPS) is 10.1. The molecule has 0 aliphatic rings. The van der Waals surface area contributed by atoms with Crippen molar-refractivity contribution in [3.05, 3.63) is 53.1 Å². The summed E-state index contributed by atoms with van der Waals surface area (Å²) in [4.78, 5) is 0. The van der Waals surface area contributed by atoms with Gasteiger partial charge >= 0.3 is 0 Å². The lowest BCUT2D eigenvalue weighted by atomic mass is 10.2. The summed E-state index contributed by atoms with van der Waals surface area (Å²) in [5.41, 5.74) is 1.03. The smallest absolute Gasteiger partial charge is 0.203 e. The Kier molecular flexibility index (Phi) is 4.53. The van der Waals surface area contributed by atoms with Crippen LogP contribution in [0.1, 0.15) is 5.56 Å². The van der Waals surface area contributed by atoms with Gasteiger partial charge in [0.15, 0.2) is 11.5 Å². The highest BCUT2D eigenvalue weighted by Gasteiger charge is 2.11. The van der Waals surface area contributed by atoms with E-state index in [2.05, 4.69) is 0 Å². The topological polar surface area (TPSA) is 27.7 Å². The van der Waals surface area contributed by atoms with Crippen molar-refractivity contribution in [3.63, 3.8) is 0 Å². The first kappa shape index (κ1) is 13.6. The molecule has 0 amide bonds. The molecular formula is C15H15ClO3. The first-order valence-electron chi connectivity index (χ1n) is 5.83. The van der Waals surface area contributed by atoms with Gasteiger partial charge in [0.05, 0.1) is 14.2 Å². The van der Waals surface area contributed by atoms with Crippen molar-refractivity contribution in [2.24, 2.45) is 0 Å². The van der Waals surface area contributed by atoms with E-state index in [0.29, 0.717) is 28.9 Å². The molecule has 0 aliphatic carbocycles. The fourth-order valence-corrected chi connectivity index (χ4v) is 1.82. The Bertz CT molecular complexity index is 515. The Hall–Kier alpha value is -1.87. The number of para-hydroxylation sites is 1. The largest absolute Gasteiger partial charge is 0.493 e. The molecule has 2 rings (SSSR count). The number of hydrogen-bond donors (Lipinski definition) is 0. The maximum Gasteiger partial charge on any atom is 0.203 e. The van der Waals surface area contributed by atoms with Gasteiger partial charge in [-0.2, -0.15) is 0 Å². The lowest BCUT2D eigenvalue weighted by Gasteiger charge is -2.14. The van der Waals surface area contributed by atoms with E-state index >= 15 is 0 Å². The van der Waals surface area contributed by atoms with Gasteiger partial charge in [-0.05, 0) is 29.8 Å². The zero-order valence-electron chi connectivity index (χ0n) is 10.9. The van der Waals surface area contributed by atoms with Crippen LogP contribution in [0.4, 0.5) is 0 Å². The highest BCUT2D eigenvalue weighted by Crippen LogP contribution is 2.37. The molecule has 0 heterocycles. The van der Waals surface area contributed by atoms with Crippen LogP contribution in [0.15, 0.2) is 42.5 Å².